The second kappa shape index (κ2) is 11.0. The number of aryl methyl sites for hydroxylation is 1. The Balaban J connectivity index is 0.000000280. The molecule has 1 N–H and O–H groups in total. The van der Waals surface area contributed by atoms with E-state index in [1.54, 1.807) is 13.0 Å². The van der Waals surface area contributed by atoms with Crippen molar-refractivity contribution in [3.63, 3.8) is 0 Å². The van der Waals surface area contributed by atoms with Gasteiger partial charge in [-0.15, -0.1) is 0 Å². The lowest BCUT2D eigenvalue weighted by molar-refractivity contribution is -0.136. The van der Waals surface area contributed by atoms with Crippen molar-refractivity contribution in [2.24, 2.45) is 11.3 Å². The molecule has 1 heterocycles. The normalized spacial score (nSPS) is 16.7. The fourth-order valence-electron chi connectivity index (χ4n) is 4.63. The number of carbonyl (C=O) groups excluding carboxylic acids is 1. The Morgan fingerprint density at radius 3 is 2.06 bits per heavy atom. The minimum absolute atomic E-state index is 0.0232. The number of carbonyl (C=O) groups is 1. The molecule has 0 spiro atoms. The highest BCUT2D eigenvalue weighted by atomic mass is 19.4. The van der Waals surface area contributed by atoms with Crippen molar-refractivity contribution in [1.29, 1.82) is 0 Å². The number of Topliss-reactive ketones (excluding diaryl/α,β-unsaturated/α-hetero) is 1. The number of fused-ring (bicyclic) bond motifs is 1. The molecule has 4 nitrogen and oxygen atoms in total. The first-order valence-corrected chi connectivity index (χ1v) is 13.0. The van der Waals surface area contributed by atoms with Crippen LogP contribution in [0.4, 0.5) is 13.2 Å². The maximum absolute atomic E-state index is 13.4. The smallest absolute Gasteiger partial charge is 0.386 e. The zero-order valence-electron chi connectivity index (χ0n) is 22.6. The third kappa shape index (κ3) is 7.08. The van der Waals surface area contributed by atoms with Gasteiger partial charge in [0, 0.05) is 18.9 Å². The van der Waals surface area contributed by atoms with Crippen LogP contribution in [-0.2, 0) is 16.6 Å². The van der Waals surface area contributed by atoms with E-state index in [9.17, 15) is 23.1 Å². The van der Waals surface area contributed by atoms with Crippen molar-refractivity contribution in [1.82, 2.24) is 9.55 Å². The number of hydrogen-bond donors (Lipinski definition) is 1. The molecule has 2 fully saturated rings. The number of ketones is 1. The molecule has 2 aromatic rings. The monoisotopic (exact) mass is 496 g/mol. The molecule has 2 aliphatic rings. The van der Waals surface area contributed by atoms with Gasteiger partial charge in [0.1, 0.15) is 17.1 Å². The first kappa shape index (κ1) is 29.3. The van der Waals surface area contributed by atoms with Crippen molar-refractivity contribution in [3.05, 3.63) is 29.1 Å². The Bertz CT molecular complexity index is 1010. The maximum atomic E-state index is 13.4. The summed E-state index contributed by atoms with van der Waals surface area (Å²) in [5.74, 6) is 1.85. The zero-order chi connectivity index (χ0) is 26.8. The van der Waals surface area contributed by atoms with Gasteiger partial charge in [0.15, 0.2) is 0 Å². The van der Waals surface area contributed by atoms with Crippen LogP contribution in [-0.4, -0.2) is 20.4 Å². The molecule has 0 radical (unpaired) electrons. The molecule has 198 valence electrons. The predicted octanol–water partition coefficient (Wildman–Crippen LogP) is 8.13. The number of rotatable bonds is 6. The van der Waals surface area contributed by atoms with Crippen LogP contribution in [0.3, 0.4) is 0 Å². The van der Waals surface area contributed by atoms with Gasteiger partial charge in [0.25, 0.3) is 0 Å². The minimum atomic E-state index is -4.50. The number of imidazole rings is 1. The van der Waals surface area contributed by atoms with E-state index in [1.807, 2.05) is 25.3 Å². The molecule has 0 bridgehead atoms. The second-order valence-electron chi connectivity index (χ2n) is 10.9. The number of hydrogen-bond acceptors (Lipinski definition) is 3. The van der Waals surface area contributed by atoms with Gasteiger partial charge in [0.05, 0.1) is 16.7 Å². The number of nitrogens with zero attached hydrogens (tertiary/aromatic N) is 2. The molecule has 4 rings (SSSR count). The van der Waals surface area contributed by atoms with Crippen LogP contribution < -0.4 is 0 Å². The van der Waals surface area contributed by atoms with Gasteiger partial charge in [-0.2, -0.15) is 13.2 Å². The van der Waals surface area contributed by atoms with Gasteiger partial charge in [-0.1, -0.05) is 34.6 Å². The molecule has 35 heavy (non-hydrogen) atoms. The molecular formula is C28H43F3N2O2. The number of aromatic nitrogens is 2. The van der Waals surface area contributed by atoms with Gasteiger partial charge in [-0.05, 0) is 81.9 Å². The number of halogens is 3. The van der Waals surface area contributed by atoms with Crippen molar-refractivity contribution >= 4 is 16.8 Å². The largest absolute Gasteiger partial charge is 0.418 e. The summed E-state index contributed by atoms with van der Waals surface area (Å²) < 4.78 is 42.1. The summed E-state index contributed by atoms with van der Waals surface area (Å²) in [5.41, 5.74) is -1.13. The Morgan fingerprint density at radius 1 is 1.09 bits per heavy atom. The number of aliphatic hydroxyl groups is 1. The summed E-state index contributed by atoms with van der Waals surface area (Å²) in [6.07, 6.45) is 2.67. The molecule has 2 aliphatic carbocycles. The predicted molar refractivity (Wildman–Crippen MR) is 135 cm³/mol. The van der Waals surface area contributed by atoms with E-state index in [2.05, 4.69) is 18.8 Å². The summed E-state index contributed by atoms with van der Waals surface area (Å²) in [6, 6.07) is 2.87. The molecule has 2 saturated carbocycles. The number of alkyl halides is 3. The third-order valence-corrected chi connectivity index (χ3v) is 7.15. The lowest BCUT2D eigenvalue weighted by atomic mass is 9.82. The SMILES string of the molecule is CC.CCC(=O)CC(C)(C)C1CC1.Cc1nc2c(C(F)(F)F)cc(C(C)(C)O)cc2n1C1CCC1. The molecule has 0 atom stereocenters. The molecule has 0 amide bonds. The van der Waals surface area contributed by atoms with Crippen molar-refractivity contribution in [2.75, 3.05) is 0 Å². The summed E-state index contributed by atoms with van der Waals surface area (Å²) in [5, 5.41) is 10.1. The van der Waals surface area contributed by atoms with Crippen LogP contribution in [0.1, 0.15) is 116 Å². The van der Waals surface area contributed by atoms with Gasteiger partial charge >= 0.3 is 6.18 Å². The van der Waals surface area contributed by atoms with E-state index in [1.165, 1.54) is 26.7 Å². The Labute approximate surface area is 208 Å². The Morgan fingerprint density at radius 2 is 1.66 bits per heavy atom. The topological polar surface area (TPSA) is 55.1 Å². The van der Waals surface area contributed by atoms with Gasteiger partial charge < -0.3 is 9.67 Å². The molecule has 0 aliphatic heterocycles. The third-order valence-electron chi connectivity index (χ3n) is 7.15. The lowest BCUT2D eigenvalue weighted by Crippen LogP contribution is -2.20. The summed E-state index contributed by atoms with van der Waals surface area (Å²) in [6.45, 7) is 15.1. The standard InChI is InChI=1S/C16H19F3N2O.C10H18O.C2H6/c1-9-20-14-12(16(17,18)19)7-10(15(2,3)22)8-13(14)21(9)11-5-4-6-11;1-4-9(11)7-10(2,3)8-5-6-8;1-2/h7-8,11,22H,4-6H2,1-3H3;8H,4-7H2,1-3H3;1-2H3. The molecule has 7 heteroatoms. The molecule has 1 aromatic heterocycles. The highest BCUT2D eigenvalue weighted by Crippen LogP contribution is 2.47. The van der Waals surface area contributed by atoms with E-state index in [0.717, 1.165) is 37.7 Å². The van der Waals surface area contributed by atoms with Gasteiger partial charge in [-0.25, -0.2) is 4.98 Å². The minimum Gasteiger partial charge on any atom is -0.386 e. The fraction of sp³-hybridized carbons (Fsp3) is 0.714. The van der Waals surface area contributed by atoms with Crippen molar-refractivity contribution in [3.8, 4) is 0 Å². The van der Waals surface area contributed by atoms with E-state index in [4.69, 9.17) is 0 Å². The first-order chi connectivity index (χ1) is 16.1. The Hall–Kier alpha value is -1.89. The summed E-state index contributed by atoms with van der Waals surface area (Å²) in [7, 11) is 0. The highest BCUT2D eigenvalue weighted by Gasteiger charge is 2.39. The van der Waals surface area contributed by atoms with E-state index < -0.39 is 17.3 Å². The van der Waals surface area contributed by atoms with Gasteiger partial charge in [0.2, 0.25) is 0 Å². The van der Waals surface area contributed by atoms with Crippen LogP contribution in [0.25, 0.3) is 11.0 Å². The van der Waals surface area contributed by atoms with E-state index in [0.29, 0.717) is 23.5 Å². The molecule has 0 unspecified atom stereocenters. The maximum Gasteiger partial charge on any atom is 0.418 e. The van der Waals surface area contributed by atoms with Crippen LogP contribution in [0.15, 0.2) is 12.1 Å². The average molecular weight is 497 g/mol. The summed E-state index contributed by atoms with van der Waals surface area (Å²) >= 11 is 0. The fourth-order valence-corrected chi connectivity index (χ4v) is 4.63. The zero-order valence-corrected chi connectivity index (χ0v) is 22.6. The van der Waals surface area contributed by atoms with E-state index >= 15 is 0 Å². The molecular weight excluding hydrogens is 453 g/mol. The van der Waals surface area contributed by atoms with Gasteiger partial charge in [-0.3, -0.25) is 4.79 Å². The molecule has 0 saturated heterocycles. The van der Waals surface area contributed by atoms with E-state index in [-0.39, 0.29) is 22.5 Å². The lowest BCUT2D eigenvalue weighted by Gasteiger charge is -2.29. The van der Waals surface area contributed by atoms with Crippen molar-refractivity contribution in [2.45, 2.75) is 118 Å². The molecule has 1 aromatic carbocycles. The van der Waals surface area contributed by atoms with Crippen LogP contribution >= 0.6 is 0 Å². The number of benzene rings is 1. The second-order valence-corrected chi connectivity index (χ2v) is 10.9. The quantitative estimate of drug-likeness (QED) is 0.439. The highest BCUT2D eigenvalue weighted by molar-refractivity contribution is 5.82. The average Bonchev–Trinajstić information content (AvgIpc) is 3.52. The van der Waals surface area contributed by atoms with Crippen LogP contribution in [0, 0.1) is 18.3 Å². The Kier molecular flexibility index (Phi) is 9.24. The first-order valence-electron chi connectivity index (χ1n) is 13.0. The van der Waals surface area contributed by atoms with Crippen molar-refractivity contribution < 1.29 is 23.1 Å². The summed E-state index contributed by atoms with van der Waals surface area (Å²) in [4.78, 5) is 15.3. The van der Waals surface area contributed by atoms with Crippen LogP contribution in [0.5, 0.6) is 0 Å². The van der Waals surface area contributed by atoms with Crippen LogP contribution in [0.2, 0.25) is 0 Å².